The Labute approximate surface area is 181 Å². The summed E-state index contributed by atoms with van der Waals surface area (Å²) in [7, 11) is 0. The molecule has 1 unspecified atom stereocenters. The van der Waals surface area contributed by atoms with Crippen molar-refractivity contribution in [2.24, 2.45) is 0 Å². The molecule has 0 spiro atoms. The van der Waals surface area contributed by atoms with Crippen LogP contribution in [0.15, 0.2) is 36.4 Å². The molecule has 1 heterocycles. The lowest BCUT2D eigenvalue weighted by molar-refractivity contribution is -0.132. The van der Waals surface area contributed by atoms with E-state index in [9.17, 15) is 32.3 Å². The van der Waals surface area contributed by atoms with Crippen LogP contribution in [0.5, 0.6) is 0 Å². The quantitative estimate of drug-likeness (QED) is 0.524. The van der Waals surface area contributed by atoms with E-state index in [1.54, 1.807) is 24.3 Å². The molecule has 1 aliphatic rings. The molecule has 2 N–H and O–H groups in total. The van der Waals surface area contributed by atoms with Gasteiger partial charge in [-0.15, -0.1) is 0 Å². The lowest BCUT2D eigenvalue weighted by atomic mass is 10.2. The van der Waals surface area contributed by atoms with E-state index < -0.39 is 66.0 Å². The van der Waals surface area contributed by atoms with Crippen molar-refractivity contribution < 1.29 is 32.3 Å². The van der Waals surface area contributed by atoms with E-state index in [4.69, 9.17) is 0 Å². The maximum Gasteiger partial charge on any atom is 0.332 e. The molecule has 2 aromatic rings. The number of hydrogen-bond acceptors (Lipinski definition) is 4. The summed E-state index contributed by atoms with van der Waals surface area (Å²) in [6.07, 6.45) is 0. The predicted molar refractivity (Wildman–Crippen MR) is 108 cm³/mol. The molecule has 0 aliphatic carbocycles. The van der Waals surface area contributed by atoms with Crippen molar-refractivity contribution in [2.45, 2.75) is 19.9 Å². The van der Waals surface area contributed by atoms with Crippen molar-refractivity contribution >= 4 is 35.1 Å². The third-order valence-corrected chi connectivity index (χ3v) is 4.82. The van der Waals surface area contributed by atoms with Gasteiger partial charge in [0.05, 0.1) is 12.2 Å². The van der Waals surface area contributed by atoms with Crippen molar-refractivity contribution in [3.63, 3.8) is 0 Å². The normalized spacial score (nSPS) is 15.8. The first-order valence-electron chi connectivity index (χ1n) is 9.51. The lowest BCUT2D eigenvalue weighted by Gasteiger charge is -2.19. The smallest absolute Gasteiger partial charge is 0.332 e. The zero-order valence-corrected chi connectivity index (χ0v) is 17.1. The standard InChI is InChI=1S/C21H19F3N4O4/c1-11-3-5-13(6-4-11)28-12(2)20(31)27(21(28)32)10-17(30)25-9-16(29)26-15-8-7-14(22)18(23)19(15)24/h3-8,12H,9-10H2,1-2H3,(H,25,30)(H,26,29). The van der Waals surface area contributed by atoms with Crippen LogP contribution in [0, 0.1) is 24.4 Å². The van der Waals surface area contributed by atoms with Crippen molar-refractivity contribution in [1.29, 1.82) is 0 Å². The second kappa shape index (κ2) is 9.08. The van der Waals surface area contributed by atoms with Crippen LogP contribution in [0.3, 0.4) is 0 Å². The van der Waals surface area contributed by atoms with Crippen molar-refractivity contribution in [2.75, 3.05) is 23.3 Å². The van der Waals surface area contributed by atoms with Crippen LogP contribution < -0.4 is 15.5 Å². The number of halogens is 3. The van der Waals surface area contributed by atoms with Gasteiger partial charge in [0.15, 0.2) is 17.5 Å². The van der Waals surface area contributed by atoms with E-state index in [1.165, 1.54) is 11.8 Å². The molecule has 2 aromatic carbocycles. The summed E-state index contributed by atoms with van der Waals surface area (Å²) in [6, 6.07) is 6.89. The number of nitrogens with zero attached hydrogens (tertiary/aromatic N) is 2. The van der Waals surface area contributed by atoms with E-state index >= 15 is 0 Å². The van der Waals surface area contributed by atoms with Crippen LogP contribution in [-0.2, 0) is 14.4 Å². The highest BCUT2D eigenvalue weighted by Gasteiger charge is 2.44. The second-order valence-electron chi connectivity index (χ2n) is 7.14. The molecule has 168 valence electrons. The topological polar surface area (TPSA) is 98.8 Å². The van der Waals surface area contributed by atoms with Crippen LogP contribution in [0.25, 0.3) is 0 Å². The molecule has 3 rings (SSSR count). The fourth-order valence-electron chi connectivity index (χ4n) is 3.11. The van der Waals surface area contributed by atoms with Crippen molar-refractivity contribution in [3.8, 4) is 0 Å². The number of aryl methyl sites for hydroxylation is 1. The minimum atomic E-state index is -1.75. The third-order valence-electron chi connectivity index (χ3n) is 4.82. The highest BCUT2D eigenvalue weighted by Crippen LogP contribution is 2.26. The number of benzene rings is 2. The fraction of sp³-hybridized carbons (Fsp3) is 0.238. The molecule has 1 saturated heterocycles. The summed E-state index contributed by atoms with van der Waals surface area (Å²) in [5.41, 5.74) is 0.866. The van der Waals surface area contributed by atoms with Gasteiger partial charge in [0, 0.05) is 5.69 Å². The monoisotopic (exact) mass is 448 g/mol. The third kappa shape index (κ3) is 4.56. The van der Waals surface area contributed by atoms with Gasteiger partial charge in [-0.2, -0.15) is 0 Å². The van der Waals surface area contributed by atoms with Crippen LogP contribution in [0.4, 0.5) is 29.3 Å². The fourth-order valence-corrected chi connectivity index (χ4v) is 3.11. The summed E-state index contributed by atoms with van der Waals surface area (Å²) < 4.78 is 39.8. The highest BCUT2D eigenvalue weighted by molar-refractivity contribution is 6.15. The maximum absolute atomic E-state index is 13.6. The zero-order chi connectivity index (χ0) is 23.6. The molecule has 5 amide bonds. The number of carbonyl (C=O) groups excluding carboxylic acids is 4. The van der Waals surface area contributed by atoms with Crippen molar-refractivity contribution in [1.82, 2.24) is 10.2 Å². The van der Waals surface area contributed by atoms with Gasteiger partial charge in [0.25, 0.3) is 5.91 Å². The Hall–Kier alpha value is -3.89. The minimum absolute atomic E-state index is 0.497. The SMILES string of the molecule is Cc1ccc(N2C(=O)N(CC(=O)NCC(=O)Nc3ccc(F)c(F)c3F)C(=O)C2C)cc1. The highest BCUT2D eigenvalue weighted by atomic mass is 19.2. The number of hydrogen-bond donors (Lipinski definition) is 2. The molecule has 0 aromatic heterocycles. The van der Waals surface area contributed by atoms with Gasteiger partial charge in [-0.05, 0) is 38.1 Å². The van der Waals surface area contributed by atoms with E-state index in [0.717, 1.165) is 16.5 Å². The van der Waals surface area contributed by atoms with Gasteiger partial charge >= 0.3 is 6.03 Å². The molecule has 8 nitrogen and oxygen atoms in total. The molecule has 1 fully saturated rings. The van der Waals surface area contributed by atoms with Crippen LogP contribution >= 0.6 is 0 Å². The Morgan fingerprint density at radius 2 is 1.62 bits per heavy atom. The van der Waals surface area contributed by atoms with E-state index in [-0.39, 0.29) is 0 Å². The molecule has 11 heteroatoms. The Morgan fingerprint density at radius 3 is 2.28 bits per heavy atom. The number of rotatable bonds is 6. The Balaban J connectivity index is 1.58. The van der Waals surface area contributed by atoms with Crippen LogP contribution in [0.1, 0.15) is 12.5 Å². The second-order valence-corrected chi connectivity index (χ2v) is 7.14. The molecule has 0 saturated carbocycles. The Morgan fingerprint density at radius 1 is 0.969 bits per heavy atom. The molecular formula is C21H19F3N4O4. The van der Waals surface area contributed by atoms with Gasteiger partial charge in [-0.25, -0.2) is 18.0 Å². The Bertz CT molecular complexity index is 1090. The average molecular weight is 448 g/mol. The van der Waals surface area contributed by atoms with E-state index in [0.29, 0.717) is 11.8 Å². The van der Waals surface area contributed by atoms with E-state index in [1.807, 2.05) is 12.2 Å². The summed E-state index contributed by atoms with van der Waals surface area (Å²) >= 11 is 0. The first-order valence-corrected chi connectivity index (χ1v) is 9.51. The van der Waals surface area contributed by atoms with Gasteiger partial charge in [-0.1, -0.05) is 17.7 Å². The number of urea groups is 1. The van der Waals surface area contributed by atoms with Gasteiger partial charge in [-0.3, -0.25) is 24.2 Å². The van der Waals surface area contributed by atoms with E-state index in [2.05, 4.69) is 5.32 Å². The molecule has 0 bridgehead atoms. The van der Waals surface area contributed by atoms with Crippen molar-refractivity contribution in [3.05, 3.63) is 59.4 Å². The summed E-state index contributed by atoms with van der Waals surface area (Å²) in [5.74, 6) is -7.06. The maximum atomic E-state index is 13.6. The van der Waals surface area contributed by atoms with Gasteiger partial charge in [0.1, 0.15) is 12.6 Å². The summed E-state index contributed by atoms with van der Waals surface area (Å²) in [6.45, 7) is 2.13. The van der Waals surface area contributed by atoms with Gasteiger partial charge in [0.2, 0.25) is 11.8 Å². The number of carbonyl (C=O) groups is 4. The largest absolute Gasteiger partial charge is 0.345 e. The first kappa shape index (κ1) is 22.8. The van der Waals surface area contributed by atoms with Crippen LogP contribution in [0.2, 0.25) is 0 Å². The van der Waals surface area contributed by atoms with Crippen LogP contribution in [-0.4, -0.2) is 47.8 Å². The first-order chi connectivity index (χ1) is 15.1. The summed E-state index contributed by atoms with van der Waals surface area (Å²) in [5, 5.41) is 4.18. The molecule has 1 atom stereocenters. The number of imide groups is 1. The number of anilines is 2. The molecule has 32 heavy (non-hydrogen) atoms. The predicted octanol–water partition coefficient (Wildman–Crippen LogP) is 2.32. The lowest BCUT2D eigenvalue weighted by Crippen LogP contribution is -2.43. The minimum Gasteiger partial charge on any atom is -0.345 e. The Kier molecular flexibility index (Phi) is 6.47. The number of amides is 5. The molecule has 0 radical (unpaired) electrons. The average Bonchev–Trinajstić information content (AvgIpc) is 2.96. The summed E-state index contributed by atoms with van der Waals surface area (Å²) in [4.78, 5) is 51.2. The zero-order valence-electron chi connectivity index (χ0n) is 17.1. The number of nitrogens with one attached hydrogen (secondary N) is 2. The molecular weight excluding hydrogens is 429 g/mol. The molecule has 1 aliphatic heterocycles. The van der Waals surface area contributed by atoms with Gasteiger partial charge < -0.3 is 10.6 Å².